The zero-order chi connectivity index (χ0) is 14.3. The zero-order valence-electron chi connectivity index (χ0n) is 11.8. The third kappa shape index (κ3) is 5.16. The van der Waals surface area contributed by atoms with E-state index in [4.69, 9.17) is 5.73 Å². The van der Waals surface area contributed by atoms with Gasteiger partial charge in [0.05, 0.1) is 5.54 Å². The fourth-order valence-corrected chi connectivity index (χ4v) is 2.45. The molecule has 0 aliphatic rings. The van der Waals surface area contributed by atoms with Crippen LogP contribution in [0, 0.1) is 6.92 Å². The second kappa shape index (κ2) is 7.45. The van der Waals surface area contributed by atoms with Crippen molar-refractivity contribution < 1.29 is 4.79 Å². The quantitative estimate of drug-likeness (QED) is 0.558. The van der Waals surface area contributed by atoms with Crippen LogP contribution in [0.2, 0.25) is 0 Å². The maximum absolute atomic E-state index is 11.5. The molecule has 0 saturated heterocycles. The molecule has 1 heterocycles. The van der Waals surface area contributed by atoms with Gasteiger partial charge in [-0.25, -0.2) is 9.97 Å². The monoisotopic (exact) mass is 282 g/mol. The molecule has 1 aromatic rings. The normalized spacial score (nSPS) is 14.1. The van der Waals surface area contributed by atoms with Crippen LogP contribution < -0.4 is 11.1 Å². The molecule has 0 aromatic carbocycles. The summed E-state index contributed by atoms with van der Waals surface area (Å²) in [5, 5.41) is 3.94. The molecule has 0 aliphatic heterocycles. The van der Waals surface area contributed by atoms with Crippen molar-refractivity contribution in [3.05, 3.63) is 18.0 Å². The Hall–Kier alpha value is -1.14. The highest BCUT2D eigenvalue weighted by atomic mass is 32.2. The van der Waals surface area contributed by atoms with Gasteiger partial charge in [-0.05, 0) is 38.8 Å². The van der Waals surface area contributed by atoms with Crippen LogP contribution in [0.4, 0.5) is 0 Å². The number of rotatable bonds is 8. The minimum absolute atomic E-state index is 0.314. The van der Waals surface area contributed by atoms with Gasteiger partial charge >= 0.3 is 0 Å². The molecule has 0 saturated carbocycles. The third-order valence-corrected chi connectivity index (χ3v) is 3.78. The van der Waals surface area contributed by atoms with Crippen LogP contribution in [0.5, 0.6) is 0 Å². The van der Waals surface area contributed by atoms with Crippen LogP contribution in [-0.4, -0.2) is 33.7 Å². The molecule has 19 heavy (non-hydrogen) atoms. The van der Waals surface area contributed by atoms with Crippen LogP contribution in [0.25, 0.3) is 0 Å². The van der Waals surface area contributed by atoms with Crippen LogP contribution >= 0.6 is 11.8 Å². The largest absolute Gasteiger partial charge is 0.368 e. The standard InChI is InChI=1S/C13H22N4OS/c1-4-6-17-13(3,11(14)18)5-7-19-12-15-8-10(2)9-16-12/h8-9,17H,4-7H2,1-3H3,(H2,14,18). The molecule has 6 heteroatoms. The summed E-state index contributed by atoms with van der Waals surface area (Å²) in [7, 11) is 0. The number of amides is 1. The van der Waals surface area contributed by atoms with Gasteiger partial charge in [0.15, 0.2) is 5.16 Å². The minimum Gasteiger partial charge on any atom is -0.368 e. The zero-order valence-corrected chi connectivity index (χ0v) is 12.6. The van der Waals surface area contributed by atoms with Gasteiger partial charge in [-0.15, -0.1) is 0 Å². The summed E-state index contributed by atoms with van der Waals surface area (Å²) in [5.41, 5.74) is 5.85. The lowest BCUT2D eigenvalue weighted by molar-refractivity contribution is -0.123. The number of carbonyl (C=O) groups excluding carboxylic acids is 1. The van der Waals surface area contributed by atoms with Gasteiger partial charge in [0.1, 0.15) is 0 Å². The van der Waals surface area contributed by atoms with Crippen LogP contribution in [0.15, 0.2) is 17.6 Å². The lowest BCUT2D eigenvalue weighted by atomic mass is 9.98. The molecule has 1 aromatic heterocycles. The number of hydrogen-bond donors (Lipinski definition) is 2. The number of aryl methyl sites for hydroxylation is 1. The van der Waals surface area contributed by atoms with Crippen molar-refractivity contribution >= 4 is 17.7 Å². The number of primary amides is 1. The highest BCUT2D eigenvalue weighted by Gasteiger charge is 2.29. The first-order valence-corrected chi connectivity index (χ1v) is 7.43. The molecule has 1 atom stereocenters. The molecular formula is C13H22N4OS. The van der Waals surface area contributed by atoms with Gasteiger partial charge < -0.3 is 11.1 Å². The van der Waals surface area contributed by atoms with Gasteiger partial charge in [-0.2, -0.15) is 0 Å². The maximum Gasteiger partial charge on any atom is 0.237 e. The Morgan fingerprint density at radius 3 is 2.63 bits per heavy atom. The predicted octanol–water partition coefficient (Wildman–Crippen LogP) is 1.51. The molecule has 0 aliphatic carbocycles. The molecule has 0 radical (unpaired) electrons. The fourth-order valence-electron chi connectivity index (χ4n) is 1.50. The first-order chi connectivity index (χ1) is 8.98. The van der Waals surface area contributed by atoms with Crippen molar-refractivity contribution in [1.29, 1.82) is 0 Å². The summed E-state index contributed by atoms with van der Waals surface area (Å²) in [5.74, 6) is 0.436. The maximum atomic E-state index is 11.5. The predicted molar refractivity (Wildman–Crippen MR) is 78.0 cm³/mol. The summed E-state index contributed by atoms with van der Waals surface area (Å²) in [6.45, 7) is 6.64. The molecule has 0 bridgehead atoms. The van der Waals surface area contributed by atoms with Crippen LogP contribution in [0.1, 0.15) is 32.3 Å². The van der Waals surface area contributed by atoms with E-state index in [9.17, 15) is 4.79 Å². The Bertz CT molecular complexity index is 410. The summed E-state index contributed by atoms with van der Waals surface area (Å²) in [4.78, 5) is 20.0. The van der Waals surface area contributed by atoms with Crippen molar-refractivity contribution in [2.75, 3.05) is 12.3 Å². The van der Waals surface area contributed by atoms with E-state index in [1.165, 1.54) is 11.8 Å². The van der Waals surface area contributed by atoms with Gasteiger partial charge in [-0.1, -0.05) is 18.7 Å². The minimum atomic E-state index is -0.659. The van der Waals surface area contributed by atoms with Gasteiger partial charge in [0.2, 0.25) is 5.91 Å². The number of hydrogen-bond acceptors (Lipinski definition) is 5. The van der Waals surface area contributed by atoms with E-state index in [0.29, 0.717) is 6.42 Å². The second-order valence-corrected chi connectivity index (χ2v) is 5.83. The Morgan fingerprint density at radius 1 is 1.47 bits per heavy atom. The highest BCUT2D eigenvalue weighted by Crippen LogP contribution is 2.18. The SMILES string of the molecule is CCCNC(C)(CCSc1ncc(C)cn1)C(N)=O. The number of nitrogens with two attached hydrogens (primary N) is 1. The topological polar surface area (TPSA) is 80.9 Å². The van der Waals surface area contributed by atoms with E-state index < -0.39 is 5.54 Å². The Morgan fingerprint density at radius 2 is 2.11 bits per heavy atom. The molecule has 1 rings (SSSR count). The summed E-state index contributed by atoms with van der Waals surface area (Å²) >= 11 is 1.54. The van der Waals surface area contributed by atoms with Gasteiger partial charge in [0, 0.05) is 18.1 Å². The summed E-state index contributed by atoms with van der Waals surface area (Å²) < 4.78 is 0. The number of nitrogens with one attached hydrogen (secondary N) is 1. The van der Waals surface area contributed by atoms with Gasteiger partial charge in [0.25, 0.3) is 0 Å². The van der Waals surface area contributed by atoms with E-state index in [1.54, 1.807) is 12.4 Å². The number of carbonyl (C=O) groups is 1. The van der Waals surface area contributed by atoms with Gasteiger partial charge in [-0.3, -0.25) is 4.79 Å². The third-order valence-electron chi connectivity index (χ3n) is 2.90. The summed E-state index contributed by atoms with van der Waals surface area (Å²) in [6.07, 6.45) is 5.21. The van der Waals surface area contributed by atoms with Crippen LogP contribution in [0.3, 0.4) is 0 Å². The molecular weight excluding hydrogens is 260 g/mol. The number of aromatic nitrogens is 2. The molecule has 1 unspecified atom stereocenters. The molecule has 5 nitrogen and oxygen atoms in total. The van der Waals surface area contributed by atoms with E-state index in [0.717, 1.165) is 29.4 Å². The molecule has 1 amide bonds. The van der Waals surface area contributed by atoms with Crippen molar-refractivity contribution in [2.45, 2.75) is 44.3 Å². The van der Waals surface area contributed by atoms with E-state index >= 15 is 0 Å². The van der Waals surface area contributed by atoms with Crippen molar-refractivity contribution in [3.63, 3.8) is 0 Å². The average Bonchev–Trinajstić information content (AvgIpc) is 2.38. The van der Waals surface area contributed by atoms with Crippen LogP contribution in [-0.2, 0) is 4.79 Å². The smallest absolute Gasteiger partial charge is 0.237 e. The van der Waals surface area contributed by atoms with E-state index in [-0.39, 0.29) is 5.91 Å². The summed E-state index contributed by atoms with van der Waals surface area (Å²) in [6, 6.07) is 0. The molecule has 0 spiro atoms. The molecule has 106 valence electrons. The Kier molecular flexibility index (Phi) is 6.24. The number of thioether (sulfide) groups is 1. The molecule has 0 fully saturated rings. The average molecular weight is 282 g/mol. The Labute approximate surface area is 118 Å². The second-order valence-electron chi connectivity index (χ2n) is 4.76. The first-order valence-electron chi connectivity index (χ1n) is 6.44. The fraction of sp³-hybridized carbons (Fsp3) is 0.615. The van der Waals surface area contributed by atoms with Crippen molar-refractivity contribution in [1.82, 2.24) is 15.3 Å². The highest BCUT2D eigenvalue weighted by molar-refractivity contribution is 7.99. The molecule has 3 N–H and O–H groups in total. The first kappa shape index (κ1) is 15.9. The van der Waals surface area contributed by atoms with Crippen molar-refractivity contribution in [3.8, 4) is 0 Å². The number of nitrogens with zero attached hydrogens (tertiary/aromatic N) is 2. The van der Waals surface area contributed by atoms with Crippen molar-refractivity contribution in [2.24, 2.45) is 5.73 Å². The lowest BCUT2D eigenvalue weighted by Crippen LogP contribution is -2.53. The Balaban J connectivity index is 2.48. The lowest BCUT2D eigenvalue weighted by Gasteiger charge is -2.27. The van der Waals surface area contributed by atoms with E-state index in [2.05, 4.69) is 22.2 Å². The van der Waals surface area contributed by atoms with E-state index in [1.807, 2.05) is 13.8 Å².